The number of nitrogens with two attached hydrogens (primary N) is 1. The van der Waals surface area contributed by atoms with Crippen molar-refractivity contribution in [3.05, 3.63) is 41.2 Å². The van der Waals surface area contributed by atoms with Crippen molar-refractivity contribution in [3.8, 4) is 11.4 Å². The second-order valence-electron chi connectivity index (χ2n) is 3.58. The lowest BCUT2D eigenvalue weighted by molar-refractivity contribution is 0.411. The largest absolute Gasteiger partial charge is 0.494 e. The molecule has 0 spiro atoms. The second-order valence-corrected chi connectivity index (χ2v) is 3.94. The first-order valence-corrected chi connectivity index (χ1v) is 5.71. The highest BCUT2D eigenvalue weighted by molar-refractivity contribution is 6.30. The van der Waals surface area contributed by atoms with Crippen molar-refractivity contribution >= 4 is 11.6 Å². The van der Waals surface area contributed by atoms with Crippen LogP contribution in [0, 0.1) is 0 Å². The van der Waals surface area contributed by atoms with Gasteiger partial charge in [-0.25, -0.2) is 4.68 Å². The van der Waals surface area contributed by atoms with Gasteiger partial charge in [-0.05, 0) is 25.1 Å². The highest BCUT2D eigenvalue weighted by Gasteiger charge is 2.12. The first kappa shape index (κ1) is 12.0. The van der Waals surface area contributed by atoms with Crippen molar-refractivity contribution in [2.75, 3.05) is 13.7 Å². The number of nitrogens with zero attached hydrogens (tertiary/aromatic N) is 2. The van der Waals surface area contributed by atoms with E-state index < -0.39 is 0 Å². The lowest BCUT2D eigenvalue weighted by Gasteiger charge is -2.09. The number of hydrogen-bond donors (Lipinski definition) is 1. The number of para-hydroxylation sites is 2. The van der Waals surface area contributed by atoms with E-state index in [9.17, 15) is 0 Å². The van der Waals surface area contributed by atoms with Crippen molar-refractivity contribution in [1.29, 1.82) is 0 Å². The van der Waals surface area contributed by atoms with Crippen LogP contribution < -0.4 is 10.5 Å². The summed E-state index contributed by atoms with van der Waals surface area (Å²) in [6.07, 6.45) is 2.45. The van der Waals surface area contributed by atoms with Gasteiger partial charge in [-0.2, -0.15) is 5.10 Å². The van der Waals surface area contributed by atoms with Crippen LogP contribution in [0.15, 0.2) is 30.5 Å². The first-order valence-electron chi connectivity index (χ1n) is 5.33. The van der Waals surface area contributed by atoms with Gasteiger partial charge in [0, 0.05) is 5.56 Å². The zero-order valence-electron chi connectivity index (χ0n) is 9.56. The Bertz CT molecular complexity index is 510. The van der Waals surface area contributed by atoms with Gasteiger partial charge in [-0.1, -0.05) is 23.7 Å². The summed E-state index contributed by atoms with van der Waals surface area (Å²) in [6.45, 7) is 0.553. The van der Waals surface area contributed by atoms with E-state index in [-0.39, 0.29) is 0 Å². The highest BCUT2D eigenvalue weighted by Crippen LogP contribution is 2.26. The zero-order chi connectivity index (χ0) is 12.3. The summed E-state index contributed by atoms with van der Waals surface area (Å²) < 4.78 is 6.94. The molecule has 0 unspecified atom stereocenters. The molecule has 2 aromatic rings. The predicted octanol–water partition coefficient (Wildman–Crippen LogP) is 2.04. The Kier molecular flexibility index (Phi) is 3.66. The molecule has 1 aromatic carbocycles. The van der Waals surface area contributed by atoms with E-state index in [2.05, 4.69) is 5.10 Å². The van der Waals surface area contributed by atoms with Gasteiger partial charge in [0.2, 0.25) is 0 Å². The summed E-state index contributed by atoms with van der Waals surface area (Å²) in [5, 5.41) is 4.85. The van der Waals surface area contributed by atoms with E-state index in [1.54, 1.807) is 18.0 Å². The van der Waals surface area contributed by atoms with Crippen molar-refractivity contribution in [2.45, 2.75) is 6.42 Å². The fourth-order valence-corrected chi connectivity index (χ4v) is 1.94. The number of methoxy groups -OCH3 is 1. The summed E-state index contributed by atoms with van der Waals surface area (Å²) in [7, 11) is 1.62. The van der Waals surface area contributed by atoms with Crippen LogP contribution in [0.1, 0.15) is 5.56 Å². The molecule has 1 heterocycles. The Morgan fingerprint density at radius 3 is 2.88 bits per heavy atom. The van der Waals surface area contributed by atoms with Gasteiger partial charge in [-0.3, -0.25) is 0 Å². The van der Waals surface area contributed by atoms with Crippen LogP contribution in [0.25, 0.3) is 5.69 Å². The average molecular weight is 252 g/mol. The van der Waals surface area contributed by atoms with Gasteiger partial charge in [0.1, 0.15) is 16.6 Å². The topological polar surface area (TPSA) is 53.1 Å². The average Bonchev–Trinajstić information content (AvgIpc) is 2.72. The summed E-state index contributed by atoms with van der Waals surface area (Å²) in [6, 6.07) is 7.60. The lowest BCUT2D eigenvalue weighted by atomic mass is 10.2. The normalized spacial score (nSPS) is 10.5. The molecule has 0 fully saturated rings. The molecule has 4 nitrogen and oxygen atoms in total. The number of aromatic nitrogens is 2. The minimum atomic E-state index is 0.553. The molecule has 0 amide bonds. The minimum Gasteiger partial charge on any atom is -0.494 e. The van der Waals surface area contributed by atoms with E-state index in [0.717, 1.165) is 17.0 Å². The van der Waals surface area contributed by atoms with E-state index >= 15 is 0 Å². The molecule has 0 radical (unpaired) electrons. The van der Waals surface area contributed by atoms with Crippen LogP contribution >= 0.6 is 11.6 Å². The monoisotopic (exact) mass is 251 g/mol. The molecular formula is C12H14ClN3O. The van der Waals surface area contributed by atoms with Crippen LogP contribution in [0.4, 0.5) is 0 Å². The lowest BCUT2D eigenvalue weighted by Crippen LogP contribution is -2.03. The summed E-state index contributed by atoms with van der Waals surface area (Å²) in [5.74, 6) is 0.733. The van der Waals surface area contributed by atoms with Crippen molar-refractivity contribution in [2.24, 2.45) is 5.73 Å². The first-order chi connectivity index (χ1) is 8.27. The standard InChI is InChI=1S/C12H14ClN3O/c1-17-11-5-3-2-4-10(11)16-12(13)9(6-7-14)8-15-16/h2-5,8H,6-7,14H2,1H3. The molecule has 17 heavy (non-hydrogen) atoms. The molecule has 0 atom stereocenters. The summed E-state index contributed by atoms with van der Waals surface area (Å²) in [5.41, 5.74) is 7.28. The zero-order valence-corrected chi connectivity index (χ0v) is 10.3. The molecule has 1 aromatic heterocycles. The van der Waals surface area contributed by atoms with E-state index in [4.69, 9.17) is 22.1 Å². The number of halogens is 1. The molecule has 0 aliphatic rings. The van der Waals surface area contributed by atoms with Gasteiger partial charge in [-0.15, -0.1) is 0 Å². The molecule has 2 rings (SSSR count). The molecule has 0 aliphatic heterocycles. The maximum atomic E-state index is 6.26. The van der Waals surface area contributed by atoms with Crippen molar-refractivity contribution < 1.29 is 4.74 Å². The number of ether oxygens (including phenoxy) is 1. The Balaban J connectivity index is 2.46. The summed E-state index contributed by atoms with van der Waals surface area (Å²) in [4.78, 5) is 0. The smallest absolute Gasteiger partial charge is 0.144 e. The maximum absolute atomic E-state index is 6.26. The van der Waals surface area contributed by atoms with E-state index in [0.29, 0.717) is 18.1 Å². The Morgan fingerprint density at radius 2 is 2.18 bits per heavy atom. The fourth-order valence-electron chi connectivity index (χ4n) is 1.66. The van der Waals surface area contributed by atoms with Crippen LogP contribution in [0.5, 0.6) is 5.75 Å². The summed E-state index contributed by atoms with van der Waals surface area (Å²) >= 11 is 6.26. The van der Waals surface area contributed by atoms with Crippen LogP contribution in [0.2, 0.25) is 5.15 Å². The van der Waals surface area contributed by atoms with Crippen LogP contribution in [-0.2, 0) is 6.42 Å². The van der Waals surface area contributed by atoms with Crippen LogP contribution in [-0.4, -0.2) is 23.4 Å². The van der Waals surface area contributed by atoms with Gasteiger partial charge in [0.15, 0.2) is 0 Å². The molecular weight excluding hydrogens is 238 g/mol. The van der Waals surface area contributed by atoms with Crippen LogP contribution in [0.3, 0.4) is 0 Å². The molecule has 5 heteroatoms. The molecule has 2 N–H and O–H groups in total. The van der Waals surface area contributed by atoms with Gasteiger partial charge < -0.3 is 10.5 Å². The number of rotatable bonds is 4. The predicted molar refractivity (Wildman–Crippen MR) is 67.9 cm³/mol. The fraction of sp³-hybridized carbons (Fsp3) is 0.250. The molecule has 0 saturated carbocycles. The van der Waals surface area contributed by atoms with Crippen molar-refractivity contribution in [1.82, 2.24) is 9.78 Å². The molecule has 0 saturated heterocycles. The Morgan fingerprint density at radius 1 is 1.41 bits per heavy atom. The Labute approximate surface area is 105 Å². The Hall–Kier alpha value is -1.52. The van der Waals surface area contributed by atoms with Gasteiger partial charge >= 0.3 is 0 Å². The van der Waals surface area contributed by atoms with E-state index in [1.807, 2.05) is 24.3 Å². The van der Waals surface area contributed by atoms with E-state index in [1.165, 1.54) is 0 Å². The second kappa shape index (κ2) is 5.21. The quantitative estimate of drug-likeness (QED) is 0.905. The molecule has 90 valence electrons. The minimum absolute atomic E-state index is 0.553. The number of benzene rings is 1. The van der Waals surface area contributed by atoms with Gasteiger partial charge in [0.25, 0.3) is 0 Å². The third-order valence-corrected chi connectivity index (χ3v) is 2.91. The molecule has 0 aliphatic carbocycles. The third kappa shape index (κ3) is 2.28. The maximum Gasteiger partial charge on any atom is 0.144 e. The number of hydrogen-bond acceptors (Lipinski definition) is 3. The third-order valence-electron chi connectivity index (χ3n) is 2.51. The highest BCUT2D eigenvalue weighted by atomic mass is 35.5. The molecule has 0 bridgehead atoms. The van der Waals surface area contributed by atoms with Gasteiger partial charge in [0.05, 0.1) is 13.3 Å². The van der Waals surface area contributed by atoms with Crippen molar-refractivity contribution in [3.63, 3.8) is 0 Å². The SMILES string of the molecule is COc1ccccc1-n1ncc(CCN)c1Cl.